The zero-order chi connectivity index (χ0) is 14.8. The third kappa shape index (κ3) is 3.35. The largest absolute Gasteiger partial charge is 0.393 e. The van der Waals surface area contributed by atoms with Gasteiger partial charge in [-0.3, -0.25) is 9.78 Å². The summed E-state index contributed by atoms with van der Waals surface area (Å²) in [5, 5.41) is 9.78. The van der Waals surface area contributed by atoms with E-state index in [1.54, 1.807) is 0 Å². The maximum absolute atomic E-state index is 12.0. The highest BCUT2D eigenvalue weighted by Gasteiger charge is 2.26. The minimum atomic E-state index is -4.01. The van der Waals surface area contributed by atoms with Gasteiger partial charge in [-0.05, 0) is 18.8 Å². The molecule has 0 aliphatic heterocycles. The molecule has 0 amide bonds. The number of hydrogen-bond acceptors (Lipinski definition) is 5. The SMILES string of the molecule is O=c1[nH]cc(S(=O)(=O)NCC2CCCCC2O)c(=O)[nH]1. The van der Waals surface area contributed by atoms with Gasteiger partial charge in [0.25, 0.3) is 5.56 Å². The van der Waals surface area contributed by atoms with Crippen molar-refractivity contribution in [1.82, 2.24) is 14.7 Å². The van der Waals surface area contributed by atoms with Crippen LogP contribution in [-0.2, 0) is 10.0 Å². The highest BCUT2D eigenvalue weighted by atomic mass is 32.2. The van der Waals surface area contributed by atoms with Crippen LogP contribution in [-0.4, -0.2) is 36.1 Å². The zero-order valence-electron chi connectivity index (χ0n) is 10.8. The minimum Gasteiger partial charge on any atom is -0.393 e. The molecule has 0 bridgehead atoms. The maximum atomic E-state index is 12.0. The van der Waals surface area contributed by atoms with Crippen molar-refractivity contribution >= 4 is 10.0 Å². The summed E-state index contributed by atoms with van der Waals surface area (Å²) in [6.45, 7) is 0.0715. The van der Waals surface area contributed by atoms with Gasteiger partial charge >= 0.3 is 5.69 Å². The fourth-order valence-electron chi connectivity index (χ4n) is 2.32. The van der Waals surface area contributed by atoms with Crippen LogP contribution in [0.25, 0.3) is 0 Å². The number of nitrogens with one attached hydrogen (secondary N) is 3. The summed E-state index contributed by atoms with van der Waals surface area (Å²) in [6, 6.07) is 0. The van der Waals surface area contributed by atoms with Gasteiger partial charge in [-0.25, -0.2) is 17.9 Å². The van der Waals surface area contributed by atoms with E-state index in [-0.39, 0.29) is 12.5 Å². The Morgan fingerprint density at radius 1 is 1.30 bits per heavy atom. The highest BCUT2D eigenvalue weighted by Crippen LogP contribution is 2.23. The van der Waals surface area contributed by atoms with Gasteiger partial charge in [0.1, 0.15) is 0 Å². The van der Waals surface area contributed by atoms with Crippen molar-refractivity contribution in [2.24, 2.45) is 5.92 Å². The molecule has 2 unspecified atom stereocenters. The van der Waals surface area contributed by atoms with Gasteiger partial charge in [-0.2, -0.15) is 0 Å². The number of H-pyrrole nitrogens is 2. The lowest BCUT2D eigenvalue weighted by atomic mass is 9.87. The number of rotatable bonds is 4. The van der Waals surface area contributed by atoms with Crippen LogP contribution in [0.2, 0.25) is 0 Å². The maximum Gasteiger partial charge on any atom is 0.325 e. The van der Waals surface area contributed by atoms with Crippen molar-refractivity contribution in [1.29, 1.82) is 0 Å². The van der Waals surface area contributed by atoms with E-state index in [1.165, 1.54) is 0 Å². The monoisotopic (exact) mass is 303 g/mol. The standard InChI is InChI=1S/C11H17N3O5S/c15-8-4-2-1-3-7(8)5-13-20(18,19)9-6-12-11(17)14-10(9)16/h6-8,13,15H,1-5H2,(H2,12,14,16,17). The van der Waals surface area contributed by atoms with Crippen LogP contribution in [0.15, 0.2) is 20.7 Å². The molecule has 1 aromatic heterocycles. The van der Waals surface area contributed by atoms with E-state index in [0.29, 0.717) is 6.42 Å². The second-order valence-corrected chi connectivity index (χ2v) is 6.64. The highest BCUT2D eigenvalue weighted by molar-refractivity contribution is 7.89. The topological polar surface area (TPSA) is 132 Å². The molecule has 4 N–H and O–H groups in total. The van der Waals surface area contributed by atoms with E-state index in [1.807, 2.05) is 4.98 Å². The molecule has 2 rings (SSSR count). The van der Waals surface area contributed by atoms with Crippen molar-refractivity contribution in [2.75, 3.05) is 6.54 Å². The molecule has 1 fully saturated rings. The fraction of sp³-hybridized carbons (Fsp3) is 0.636. The smallest absolute Gasteiger partial charge is 0.325 e. The Balaban J connectivity index is 2.11. The molecule has 0 saturated heterocycles. The average Bonchev–Trinajstić information content (AvgIpc) is 2.37. The lowest BCUT2D eigenvalue weighted by Gasteiger charge is -2.27. The molecule has 1 aliphatic rings. The van der Waals surface area contributed by atoms with E-state index in [0.717, 1.165) is 25.5 Å². The van der Waals surface area contributed by atoms with Crippen molar-refractivity contribution in [3.8, 4) is 0 Å². The molecule has 1 aliphatic carbocycles. The minimum absolute atomic E-state index is 0.0715. The van der Waals surface area contributed by atoms with Gasteiger partial charge in [0.15, 0.2) is 4.90 Å². The number of aliphatic hydroxyl groups is 1. The number of aliphatic hydroxyl groups excluding tert-OH is 1. The Labute approximate surface area is 115 Å². The van der Waals surface area contributed by atoms with Crippen LogP contribution < -0.4 is 16.0 Å². The Morgan fingerprint density at radius 2 is 2.00 bits per heavy atom. The molecule has 112 valence electrons. The summed E-state index contributed by atoms with van der Waals surface area (Å²) < 4.78 is 26.3. The number of sulfonamides is 1. The predicted molar refractivity (Wildman–Crippen MR) is 70.8 cm³/mol. The fourth-order valence-corrected chi connectivity index (χ4v) is 3.42. The lowest BCUT2D eigenvalue weighted by molar-refractivity contribution is 0.0724. The number of hydrogen-bond donors (Lipinski definition) is 4. The van der Waals surface area contributed by atoms with E-state index in [2.05, 4.69) is 9.71 Å². The van der Waals surface area contributed by atoms with Crippen LogP contribution in [0.3, 0.4) is 0 Å². The van der Waals surface area contributed by atoms with E-state index in [9.17, 15) is 23.1 Å². The molecule has 9 heteroatoms. The number of aromatic nitrogens is 2. The molecule has 1 heterocycles. The Kier molecular flexibility index (Phi) is 4.41. The first-order valence-electron chi connectivity index (χ1n) is 6.40. The molecule has 1 saturated carbocycles. The molecular formula is C11H17N3O5S. The normalized spacial score (nSPS) is 23.6. The van der Waals surface area contributed by atoms with Gasteiger partial charge in [-0.1, -0.05) is 12.8 Å². The Bertz CT molecular complexity index is 678. The quantitative estimate of drug-likeness (QED) is 0.560. The molecule has 2 atom stereocenters. The van der Waals surface area contributed by atoms with E-state index < -0.39 is 32.3 Å². The third-order valence-corrected chi connectivity index (χ3v) is 4.91. The summed E-state index contributed by atoms with van der Waals surface area (Å²) in [5.74, 6) is -0.152. The first kappa shape index (κ1) is 14.9. The van der Waals surface area contributed by atoms with E-state index in [4.69, 9.17) is 0 Å². The number of aromatic amines is 2. The van der Waals surface area contributed by atoms with Crippen molar-refractivity contribution in [2.45, 2.75) is 36.7 Å². The van der Waals surface area contributed by atoms with Crippen molar-refractivity contribution < 1.29 is 13.5 Å². The lowest BCUT2D eigenvalue weighted by Crippen LogP contribution is -2.39. The predicted octanol–water partition coefficient (Wildman–Crippen LogP) is -1.11. The molecular weight excluding hydrogens is 286 g/mol. The summed E-state index contributed by atoms with van der Waals surface area (Å²) in [6.07, 6.45) is 3.62. The summed E-state index contributed by atoms with van der Waals surface area (Å²) in [7, 11) is -4.01. The second kappa shape index (κ2) is 5.90. The van der Waals surface area contributed by atoms with Gasteiger partial charge in [0, 0.05) is 12.7 Å². The van der Waals surface area contributed by atoms with Crippen LogP contribution in [0, 0.1) is 5.92 Å². The summed E-state index contributed by atoms with van der Waals surface area (Å²) in [5.41, 5.74) is -1.73. The van der Waals surface area contributed by atoms with Crippen molar-refractivity contribution in [3.05, 3.63) is 27.0 Å². The first-order valence-corrected chi connectivity index (χ1v) is 7.88. The Morgan fingerprint density at radius 3 is 2.65 bits per heavy atom. The Hall–Kier alpha value is -1.45. The zero-order valence-corrected chi connectivity index (χ0v) is 11.6. The van der Waals surface area contributed by atoms with Crippen LogP contribution >= 0.6 is 0 Å². The molecule has 0 radical (unpaired) electrons. The van der Waals surface area contributed by atoms with Crippen LogP contribution in [0.1, 0.15) is 25.7 Å². The van der Waals surface area contributed by atoms with Gasteiger partial charge in [0.05, 0.1) is 6.10 Å². The molecule has 8 nitrogen and oxygen atoms in total. The van der Waals surface area contributed by atoms with Gasteiger partial charge < -0.3 is 10.1 Å². The second-order valence-electron chi connectivity index (χ2n) is 4.90. The van der Waals surface area contributed by atoms with Gasteiger partial charge in [-0.15, -0.1) is 0 Å². The van der Waals surface area contributed by atoms with Crippen molar-refractivity contribution in [3.63, 3.8) is 0 Å². The van der Waals surface area contributed by atoms with Gasteiger partial charge in [0.2, 0.25) is 10.0 Å². The van der Waals surface area contributed by atoms with Crippen LogP contribution in [0.5, 0.6) is 0 Å². The summed E-state index contributed by atoms with van der Waals surface area (Å²) in [4.78, 5) is 25.7. The molecule has 0 aromatic carbocycles. The first-order chi connectivity index (χ1) is 9.40. The molecule has 20 heavy (non-hydrogen) atoms. The average molecular weight is 303 g/mol. The molecule has 1 aromatic rings. The third-order valence-electron chi connectivity index (χ3n) is 3.48. The van der Waals surface area contributed by atoms with Crippen LogP contribution in [0.4, 0.5) is 0 Å². The summed E-state index contributed by atoms with van der Waals surface area (Å²) >= 11 is 0. The molecule has 0 spiro atoms. The van der Waals surface area contributed by atoms with E-state index >= 15 is 0 Å².